The van der Waals surface area contributed by atoms with Gasteiger partial charge in [-0.25, -0.2) is 4.98 Å². The first kappa shape index (κ1) is 15.8. The SMILES string of the molecule is O=C(Nc1nc2c(s1)CN(C(=O)C1CCCC1)CC2)c1cccs1. The predicted molar refractivity (Wildman–Crippen MR) is 95.5 cm³/mol. The molecule has 0 radical (unpaired) electrons. The van der Waals surface area contributed by atoms with E-state index in [1.165, 1.54) is 35.5 Å². The topological polar surface area (TPSA) is 62.3 Å². The Hall–Kier alpha value is -1.73. The largest absolute Gasteiger partial charge is 0.337 e. The van der Waals surface area contributed by atoms with E-state index in [1.807, 2.05) is 16.3 Å². The van der Waals surface area contributed by atoms with Gasteiger partial charge in [-0.3, -0.25) is 14.9 Å². The molecule has 0 spiro atoms. The molecule has 24 heavy (non-hydrogen) atoms. The molecular formula is C17H19N3O2S2. The summed E-state index contributed by atoms with van der Waals surface area (Å²) in [4.78, 5) is 33.0. The zero-order valence-electron chi connectivity index (χ0n) is 13.3. The molecule has 1 N–H and O–H groups in total. The summed E-state index contributed by atoms with van der Waals surface area (Å²) in [6.45, 7) is 1.38. The molecule has 3 heterocycles. The second kappa shape index (κ2) is 6.64. The maximum atomic E-state index is 12.6. The van der Waals surface area contributed by atoms with E-state index in [9.17, 15) is 9.59 Å². The fourth-order valence-electron chi connectivity index (χ4n) is 3.43. The Morgan fingerprint density at radius 3 is 2.88 bits per heavy atom. The third-order valence-electron chi connectivity index (χ3n) is 4.71. The standard InChI is InChI=1S/C17H19N3O2S2/c21-15(13-6-3-9-23-13)19-17-18-12-7-8-20(10-14(12)24-17)16(22)11-4-1-2-5-11/h3,6,9,11H,1-2,4-5,7-8,10H2,(H,18,19,21). The molecule has 2 amide bonds. The molecule has 2 aromatic rings. The molecule has 0 aromatic carbocycles. The Morgan fingerprint density at radius 1 is 1.29 bits per heavy atom. The van der Waals surface area contributed by atoms with Crippen molar-refractivity contribution < 1.29 is 9.59 Å². The zero-order chi connectivity index (χ0) is 16.5. The minimum absolute atomic E-state index is 0.116. The number of thiazole rings is 1. The molecule has 0 unspecified atom stereocenters. The van der Waals surface area contributed by atoms with Crippen molar-refractivity contribution in [1.82, 2.24) is 9.88 Å². The molecule has 1 saturated carbocycles. The molecule has 0 bridgehead atoms. The molecular weight excluding hydrogens is 342 g/mol. The summed E-state index contributed by atoms with van der Waals surface area (Å²) in [5, 5.41) is 5.39. The van der Waals surface area contributed by atoms with Crippen molar-refractivity contribution in [2.75, 3.05) is 11.9 Å². The van der Waals surface area contributed by atoms with Crippen LogP contribution in [0.1, 0.15) is 45.9 Å². The van der Waals surface area contributed by atoms with Crippen LogP contribution in [0.25, 0.3) is 0 Å². The smallest absolute Gasteiger partial charge is 0.267 e. The summed E-state index contributed by atoms with van der Waals surface area (Å²) >= 11 is 2.91. The molecule has 2 aromatic heterocycles. The number of nitrogens with one attached hydrogen (secondary N) is 1. The quantitative estimate of drug-likeness (QED) is 0.910. The molecule has 7 heteroatoms. The summed E-state index contributed by atoms with van der Waals surface area (Å²) in [6, 6.07) is 3.66. The van der Waals surface area contributed by atoms with E-state index >= 15 is 0 Å². The van der Waals surface area contributed by atoms with E-state index in [-0.39, 0.29) is 11.8 Å². The van der Waals surface area contributed by atoms with Crippen LogP contribution in [0.5, 0.6) is 0 Å². The zero-order valence-corrected chi connectivity index (χ0v) is 14.9. The predicted octanol–water partition coefficient (Wildman–Crippen LogP) is 3.53. The molecule has 0 atom stereocenters. The molecule has 5 nitrogen and oxygen atoms in total. The monoisotopic (exact) mass is 361 g/mol. The molecule has 1 aliphatic carbocycles. The van der Waals surface area contributed by atoms with Gasteiger partial charge in [-0.15, -0.1) is 11.3 Å². The number of hydrogen-bond donors (Lipinski definition) is 1. The first-order chi connectivity index (χ1) is 11.7. The lowest BCUT2D eigenvalue weighted by atomic mass is 10.0. The van der Waals surface area contributed by atoms with Gasteiger partial charge in [-0.2, -0.15) is 0 Å². The Kier molecular flexibility index (Phi) is 4.37. The van der Waals surface area contributed by atoms with Gasteiger partial charge in [0.25, 0.3) is 5.91 Å². The highest BCUT2D eigenvalue weighted by Crippen LogP contribution is 2.32. The summed E-state index contributed by atoms with van der Waals surface area (Å²) in [5.41, 5.74) is 1.02. The van der Waals surface area contributed by atoms with Gasteiger partial charge < -0.3 is 4.90 Å². The normalized spacial score (nSPS) is 17.8. The third-order valence-corrected chi connectivity index (χ3v) is 6.58. The van der Waals surface area contributed by atoms with E-state index in [2.05, 4.69) is 10.3 Å². The number of anilines is 1. The van der Waals surface area contributed by atoms with Crippen molar-refractivity contribution in [2.24, 2.45) is 5.92 Å². The van der Waals surface area contributed by atoms with Crippen LogP contribution >= 0.6 is 22.7 Å². The lowest BCUT2D eigenvalue weighted by Crippen LogP contribution is -2.38. The van der Waals surface area contributed by atoms with Gasteiger partial charge in [0.1, 0.15) is 0 Å². The highest BCUT2D eigenvalue weighted by atomic mass is 32.1. The Balaban J connectivity index is 1.44. The highest BCUT2D eigenvalue weighted by Gasteiger charge is 2.30. The number of thiophene rings is 1. The van der Waals surface area contributed by atoms with Crippen LogP contribution < -0.4 is 5.32 Å². The average Bonchev–Trinajstić information content (AvgIpc) is 3.32. The van der Waals surface area contributed by atoms with Crippen LogP contribution in [-0.2, 0) is 17.8 Å². The van der Waals surface area contributed by atoms with Crippen LogP contribution in [-0.4, -0.2) is 28.2 Å². The molecule has 4 rings (SSSR count). The van der Waals surface area contributed by atoms with Crippen molar-refractivity contribution in [1.29, 1.82) is 0 Å². The van der Waals surface area contributed by atoms with Gasteiger partial charge in [0.2, 0.25) is 5.91 Å². The molecule has 1 fully saturated rings. The molecule has 2 aliphatic rings. The minimum atomic E-state index is -0.116. The van der Waals surface area contributed by atoms with Crippen LogP contribution in [0.3, 0.4) is 0 Å². The van der Waals surface area contributed by atoms with Crippen LogP contribution in [0.15, 0.2) is 17.5 Å². The summed E-state index contributed by atoms with van der Waals surface area (Å²) in [5.74, 6) is 0.406. The second-order valence-corrected chi connectivity index (χ2v) is 8.34. The number of fused-ring (bicyclic) bond motifs is 1. The minimum Gasteiger partial charge on any atom is -0.337 e. The van der Waals surface area contributed by atoms with Crippen molar-refractivity contribution >= 4 is 39.6 Å². The number of carbonyl (C=O) groups excluding carboxylic acids is 2. The Labute approximate surface area is 148 Å². The van der Waals surface area contributed by atoms with Crippen molar-refractivity contribution in [3.63, 3.8) is 0 Å². The van der Waals surface area contributed by atoms with E-state index in [0.29, 0.717) is 22.5 Å². The number of hydrogen-bond acceptors (Lipinski definition) is 5. The Bertz CT molecular complexity index is 748. The second-order valence-electron chi connectivity index (χ2n) is 6.31. The number of nitrogens with zero attached hydrogens (tertiary/aromatic N) is 2. The van der Waals surface area contributed by atoms with Gasteiger partial charge >= 0.3 is 0 Å². The number of aromatic nitrogens is 1. The van der Waals surface area contributed by atoms with Gasteiger partial charge in [0.15, 0.2) is 5.13 Å². The van der Waals surface area contributed by atoms with Crippen LogP contribution in [0, 0.1) is 5.92 Å². The molecule has 126 valence electrons. The van der Waals surface area contributed by atoms with Crippen LogP contribution in [0.4, 0.5) is 5.13 Å². The Morgan fingerprint density at radius 2 is 2.12 bits per heavy atom. The van der Waals surface area contributed by atoms with E-state index in [1.54, 1.807) is 6.07 Å². The summed E-state index contributed by atoms with van der Waals surface area (Å²) < 4.78 is 0. The molecule has 1 aliphatic heterocycles. The van der Waals surface area contributed by atoms with Crippen molar-refractivity contribution in [2.45, 2.75) is 38.6 Å². The highest BCUT2D eigenvalue weighted by molar-refractivity contribution is 7.16. The maximum absolute atomic E-state index is 12.6. The van der Waals surface area contributed by atoms with E-state index in [0.717, 1.165) is 36.4 Å². The lowest BCUT2D eigenvalue weighted by molar-refractivity contribution is -0.136. The third kappa shape index (κ3) is 3.10. The summed E-state index contributed by atoms with van der Waals surface area (Å²) in [6.07, 6.45) is 5.20. The lowest BCUT2D eigenvalue weighted by Gasteiger charge is -2.28. The number of amides is 2. The van der Waals surface area contributed by atoms with E-state index in [4.69, 9.17) is 0 Å². The van der Waals surface area contributed by atoms with Gasteiger partial charge in [0, 0.05) is 23.8 Å². The van der Waals surface area contributed by atoms with Crippen molar-refractivity contribution in [3.05, 3.63) is 33.0 Å². The first-order valence-electron chi connectivity index (χ1n) is 8.33. The van der Waals surface area contributed by atoms with E-state index < -0.39 is 0 Å². The van der Waals surface area contributed by atoms with Gasteiger partial charge in [-0.05, 0) is 24.3 Å². The number of rotatable bonds is 3. The first-order valence-corrected chi connectivity index (χ1v) is 10.0. The average molecular weight is 361 g/mol. The maximum Gasteiger partial charge on any atom is 0.267 e. The molecule has 0 saturated heterocycles. The summed E-state index contributed by atoms with van der Waals surface area (Å²) in [7, 11) is 0. The van der Waals surface area contributed by atoms with Gasteiger partial charge in [0.05, 0.1) is 17.1 Å². The fourth-order valence-corrected chi connectivity index (χ4v) is 5.07. The van der Waals surface area contributed by atoms with Crippen molar-refractivity contribution in [3.8, 4) is 0 Å². The fraction of sp³-hybridized carbons (Fsp3) is 0.471. The van der Waals surface area contributed by atoms with Crippen LogP contribution in [0.2, 0.25) is 0 Å². The van der Waals surface area contributed by atoms with Gasteiger partial charge in [-0.1, -0.05) is 30.2 Å². The number of carbonyl (C=O) groups is 2.